The largest absolute Gasteiger partial charge is 0.457 e. The van der Waals surface area contributed by atoms with Crippen LogP contribution in [-0.4, -0.2) is 23.7 Å². The number of aliphatic hydroxyl groups is 1. The molecule has 0 aromatic carbocycles. The van der Waals surface area contributed by atoms with Gasteiger partial charge in [-0.05, 0) is 41.8 Å². The smallest absolute Gasteiger partial charge is 0.255 e. The summed E-state index contributed by atoms with van der Waals surface area (Å²) in [5, 5.41) is 11.5. The molecule has 1 aromatic rings. The van der Waals surface area contributed by atoms with Crippen LogP contribution in [0.5, 0.6) is 0 Å². The monoisotopic (exact) mass is 275 g/mol. The first-order chi connectivity index (χ1) is 7.15. The Morgan fingerprint density at radius 3 is 3.00 bits per heavy atom. The van der Waals surface area contributed by atoms with E-state index in [4.69, 9.17) is 9.52 Å². The van der Waals surface area contributed by atoms with Crippen molar-refractivity contribution in [2.45, 2.75) is 25.8 Å². The number of amides is 1. The van der Waals surface area contributed by atoms with Crippen LogP contribution in [0.1, 0.15) is 30.1 Å². The molecule has 5 heteroatoms. The number of carbonyl (C=O) groups is 1. The third-order valence-corrected chi connectivity index (χ3v) is 2.65. The lowest BCUT2D eigenvalue weighted by Crippen LogP contribution is -2.32. The van der Waals surface area contributed by atoms with Gasteiger partial charge in [-0.1, -0.05) is 0 Å². The van der Waals surface area contributed by atoms with E-state index in [-0.39, 0.29) is 18.6 Å². The highest BCUT2D eigenvalue weighted by molar-refractivity contribution is 9.10. The van der Waals surface area contributed by atoms with Crippen LogP contribution >= 0.6 is 15.9 Å². The molecule has 1 unspecified atom stereocenters. The number of aliphatic hydroxyl groups excluding tert-OH is 1. The lowest BCUT2D eigenvalue weighted by atomic mass is 10.2. The maximum atomic E-state index is 11.6. The SMILES string of the molecule is CC(CCCO)NC(=O)c1ccoc1Br. The maximum absolute atomic E-state index is 11.6. The van der Waals surface area contributed by atoms with Crippen molar-refractivity contribution in [3.63, 3.8) is 0 Å². The first-order valence-corrected chi connectivity index (χ1v) is 5.59. The number of furan rings is 1. The molecule has 0 saturated heterocycles. The van der Waals surface area contributed by atoms with Gasteiger partial charge in [0.25, 0.3) is 5.91 Å². The summed E-state index contributed by atoms with van der Waals surface area (Å²) < 4.78 is 5.40. The first-order valence-electron chi connectivity index (χ1n) is 4.80. The molecule has 1 amide bonds. The average Bonchev–Trinajstić information content (AvgIpc) is 2.61. The van der Waals surface area contributed by atoms with Gasteiger partial charge in [0.1, 0.15) is 0 Å². The van der Waals surface area contributed by atoms with Gasteiger partial charge >= 0.3 is 0 Å². The molecule has 0 radical (unpaired) electrons. The molecule has 2 N–H and O–H groups in total. The molecule has 0 aliphatic carbocycles. The van der Waals surface area contributed by atoms with E-state index in [1.54, 1.807) is 6.07 Å². The molecule has 84 valence electrons. The zero-order valence-electron chi connectivity index (χ0n) is 8.50. The van der Waals surface area contributed by atoms with E-state index >= 15 is 0 Å². The van der Waals surface area contributed by atoms with Crippen molar-refractivity contribution in [3.8, 4) is 0 Å². The Labute approximate surface area is 96.8 Å². The second-order valence-corrected chi connectivity index (χ2v) is 4.07. The first kappa shape index (κ1) is 12.3. The predicted molar refractivity (Wildman–Crippen MR) is 59.7 cm³/mol. The highest BCUT2D eigenvalue weighted by atomic mass is 79.9. The number of hydrogen-bond donors (Lipinski definition) is 2. The molecule has 0 bridgehead atoms. The van der Waals surface area contributed by atoms with E-state index in [2.05, 4.69) is 21.2 Å². The number of nitrogens with one attached hydrogen (secondary N) is 1. The molecule has 0 fully saturated rings. The Balaban J connectivity index is 2.46. The molecule has 1 atom stereocenters. The summed E-state index contributed by atoms with van der Waals surface area (Å²) in [6.45, 7) is 2.05. The van der Waals surface area contributed by atoms with Crippen LogP contribution in [0.2, 0.25) is 0 Å². The molecular formula is C10H14BrNO3. The lowest BCUT2D eigenvalue weighted by molar-refractivity contribution is 0.0934. The van der Waals surface area contributed by atoms with Gasteiger partial charge in [-0.3, -0.25) is 4.79 Å². The van der Waals surface area contributed by atoms with E-state index < -0.39 is 0 Å². The summed E-state index contributed by atoms with van der Waals surface area (Å²) in [7, 11) is 0. The van der Waals surface area contributed by atoms with Crippen molar-refractivity contribution in [2.24, 2.45) is 0 Å². The zero-order valence-corrected chi connectivity index (χ0v) is 10.1. The summed E-state index contributed by atoms with van der Waals surface area (Å²) in [5.74, 6) is -0.166. The molecule has 4 nitrogen and oxygen atoms in total. The van der Waals surface area contributed by atoms with Crippen LogP contribution < -0.4 is 5.32 Å². The average molecular weight is 276 g/mol. The number of halogens is 1. The maximum Gasteiger partial charge on any atom is 0.255 e. The van der Waals surface area contributed by atoms with E-state index in [9.17, 15) is 4.79 Å². The van der Waals surface area contributed by atoms with Gasteiger partial charge in [0.05, 0.1) is 11.8 Å². The van der Waals surface area contributed by atoms with Crippen molar-refractivity contribution in [2.75, 3.05) is 6.61 Å². The Kier molecular flexibility index (Phi) is 4.84. The summed E-state index contributed by atoms with van der Waals surface area (Å²) in [4.78, 5) is 11.6. The van der Waals surface area contributed by atoms with Crippen LogP contribution in [0, 0.1) is 0 Å². The van der Waals surface area contributed by atoms with Crippen LogP contribution in [-0.2, 0) is 0 Å². The van der Waals surface area contributed by atoms with Gasteiger partial charge in [0.15, 0.2) is 4.67 Å². The fraction of sp³-hybridized carbons (Fsp3) is 0.500. The second kappa shape index (κ2) is 5.92. The normalized spacial score (nSPS) is 12.5. The standard InChI is InChI=1S/C10H14BrNO3/c1-7(3-2-5-13)12-10(14)8-4-6-15-9(8)11/h4,6-7,13H,2-3,5H2,1H3,(H,12,14). The second-order valence-electron chi connectivity index (χ2n) is 3.35. The van der Waals surface area contributed by atoms with Gasteiger partial charge in [0, 0.05) is 12.6 Å². The predicted octanol–water partition coefficient (Wildman–Crippen LogP) is 1.93. The molecule has 1 aromatic heterocycles. The van der Waals surface area contributed by atoms with E-state index in [0.717, 1.165) is 6.42 Å². The minimum Gasteiger partial charge on any atom is -0.457 e. The Morgan fingerprint density at radius 1 is 1.73 bits per heavy atom. The van der Waals surface area contributed by atoms with Gasteiger partial charge in [-0.15, -0.1) is 0 Å². The molecular weight excluding hydrogens is 262 g/mol. The van der Waals surface area contributed by atoms with Gasteiger partial charge in [0.2, 0.25) is 0 Å². The highest BCUT2D eigenvalue weighted by Crippen LogP contribution is 2.17. The van der Waals surface area contributed by atoms with Crippen molar-refractivity contribution in [3.05, 3.63) is 22.6 Å². The molecule has 0 spiro atoms. The van der Waals surface area contributed by atoms with Gasteiger partial charge in [-0.25, -0.2) is 0 Å². The number of carbonyl (C=O) groups excluding carboxylic acids is 1. The van der Waals surface area contributed by atoms with E-state index in [1.807, 2.05) is 6.92 Å². The fourth-order valence-electron chi connectivity index (χ4n) is 1.23. The van der Waals surface area contributed by atoms with Crippen LogP contribution in [0.3, 0.4) is 0 Å². The summed E-state index contributed by atoms with van der Waals surface area (Å²) in [5.41, 5.74) is 0.492. The van der Waals surface area contributed by atoms with E-state index in [0.29, 0.717) is 16.7 Å². The fourth-order valence-corrected chi connectivity index (χ4v) is 1.65. The van der Waals surface area contributed by atoms with Crippen molar-refractivity contribution >= 4 is 21.8 Å². The Hall–Kier alpha value is -0.810. The summed E-state index contributed by atoms with van der Waals surface area (Å²) >= 11 is 3.14. The molecule has 1 heterocycles. The van der Waals surface area contributed by atoms with Crippen LogP contribution in [0.15, 0.2) is 21.4 Å². The van der Waals surface area contributed by atoms with Crippen molar-refractivity contribution in [1.82, 2.24) is 5.32 Å². The van der Waals surface area contributed by atoms with Crippen molar-refractivity contribution in [1.29, 1.82) is 0 Å². The molecule has 0 saturated carbocycles. The Morgan fingerprint density at radius 2 is 2.47 bits per heavy atom. The third kappa shape index (κ3) is 3.68. The quantitative estimate of drug-likeness (QED) is 0.863. The molecule has 1 rings (SSSR count). The Bertz CT molecular complexity index is 324. The topological polar surface area (TPSA) is 62.5 Å². The minimum absolute atomic E-state index is 0.0476. The van der Waals surface area contributed by atoms with Gasteiger partial charge in [-0.2, -0.15) is 0 Å². The molecule has 0 aliphatic rings. The summed E-state index contributed by atoms with van der Waals surface area (Å²) in [6, 6.07) is 1.66. The lowest BCUT2D eigenvalue weighted by Gasteiger charge is -2.12. The number of hydrogen-bond acceptors (Lipinski definition) is 3. The van der Waals surface area contributed by atoms with Crippen LogP contribution in [0.25, 0.3) is 0 Å². The molecule has 15 heavy (non-hydrogen) atoms. The van der Waals surface area contributed by atoms with Crippen molar-refractivity contribution < 1.29 is 14.3 Å². The zero-order chi connectivity index (χ0) is 11.3. The molecule has 0 aliphatic heterocycles. The van der Waals surface area contributed by atoms with E-state index in [1.165, 1.54) is 6.26 Å². The number of rotatable bonds is 5. The van der Waals surface area contributed by atoms with Gasteiger partial charge < -0.3 is 14.8 Å². The highest BCUT2D eigenvalue weighted by Gasteiger charge is 2.14. The third-order valence-electron chi connectivity index (χ3n) is 2.04. The minimum atomic E-state index is -0.166. The van der Waals surface area contributed by atoms with Crippen LogP contribution in [0.4, 0.5) is 0 Å². The summed E-state index contributed by atoms with van der Waals surface area (Å²) in [6.07, 6.45) is 2.91.